The summed E-state index contributed by atoms with van der Waals surface area (Å²) in [5, 5.41) is -0.509. The Labute approximate surface area is 758 Å². The van der Waals surface area contributed by atoms with Gasteiger partial charge in [0.15, 0.2) is 28.9 Å². The third-order valence-corrected chi connectivity index (χ3v) is 18.7. The number of unbranched alkanes of at least 4 members (excludes halogenated alkanes) is 17. The third kappa shape index (κ3) is 78.6. The average Bonchev–Trinajstić information content (AvgIpc) is 2.17. The SMILES string of the molecule is C=CC(=O)CCCCN(CC)C(=O)C=C.C=CC(=O)CCCCN(CC)C(=O)C=C.C=CC(=O)CCCCN(CC)C(=O)CCn1cc[n+](CCCCCCCCCCCCC)c1.C=CC(=O)CCCCN(CC)C(=O)CCn1ccnc1.C=CC(=O)CCCCN(CC)C(=O)CCn1ccnc1.C=CC(=O)Cl.CBr.CCCCCN.[Br-].c1c[nH]cn1. The van der Waals surface area contributed by atoms with E-state index < -0.39 is 5.24 Å². The molecule has 5 amide bonds. The van der Waals surface area contributed by atoms with Gasteiger partial charge in [-0.2, -0.15) is 0 Å². The Kier molecular flexibility index (Phi) is 94.7. The fourth-order valence-corrected chi connectivity index (χ4v) is 11.3. The molecule has 0 aromatic carbocycles. The van der Waals surface area contributed by atoms with E-state index in [9.17, 15) is 52.7 Å². The van der Waals surface area contributed by atoms with Crippen LogP contribution in [-0.2, 0) is 78.9 Å². The molecule has 690 valence electrons. The lowest BCUT2D eigenvalue weighted by molar-refractivity contribution is -0.696. The van der Waals surface area contributed by atoms with Crippen molar-refractivity contribution in [3.8, 4) is 0 Å². The number of nitrogens with zero attached hydrogens (tertiary/aromatic N) is 12. The second-order valence-electron chi connectivity index (χ2n) is 27.8. The van der Waals surface area contributed by atoms with E-state index in [1.54, 1.807) is 53.6 Å². The Bertz CT molecular complexity index is 3190. The van der Waals surface area contributed by atoms with Crippen LogP contribution in [0.2, 0.25) is 0 Å². The highest BCUT2D eigenvalue weighted by Gasteiger charge is 2.17. The molecule has 0 atom stereocenters. The molecule has 0 bridgehead atoms. The van der Waals surface area contributed by atoms with Crippen LogP contribution >= 0.6 is 27.5 Å². The van der Waals surface area contributed by atoms with Crippen molar-refractivity contribution in [2.45, 2.75) is 280 Å². The summed E-state index contributed by atoms with van der Waals surface area (Å²) < 4.78 is 8.16. The highest BCUT2D eigenvalue weighted by Crippen LogP contribution is 2.13. The molecule has 4 rings (SSSR count). The number of imidazole rings is 4. The standard InChI is InChI=1S/C28H50N3O2.2C15H23N3O2.2C12H19NO2.C5H13N.C3H3ClO.C3H4N2.CH3Br.BrH/c1-4-7-8-9-10-11-12-13-14-15-17-21-29-24-25-30(26-29)23-20-28(33)31(6-3)22-18-16-19-27(32)5-2;2*1-3-14(19)7-5-6-10-18(4-2)15(20)8-11-17-12-9-16-13-17;2*1-4-11(14)9-7-8-10-13(6-3)12(15)5-2;1-2-3-4-5-6;1-2-3(4)5;1-2-5-3-4-1;1-2;/h5,24-26H,2,4,6-23H2,1,3H3;2*3,9,12-13H,1,4-8,10-11H2,2H3;2*4-5H,1-2,6-10H2,3H3;2-6H2,1H3;2H,1H2;1-3H,(H,4,5);1H3;1H/q+1;;;;;;;;;/p-1. The molecule has 122 heavy (non-hydrogen) atoms. The van der Waals surface area contributed by atoms with Crippen molar-refractivity contribution >= 4 is 91.2 Å². The van der Waals surface area contributed by atoms with E-state index in [0.29, 0.717) is 117 Å². The first-order chi connectivity index (χ1) is 58.4. The molecule has 0 unspecified atom stereocenters. The molecular formula is C94H157Br2ClN14O11. The summed E-state index contributed by atoms with van der Waals surface area (Å²) >= 11 is 7.64. The monoisotopic (exact) mass is 1850 g/mol. The van der Waals surface area contributed by atoms with Crippen molar-refractivity contribution in [1.29, 1.82) is 0 Å². The molecule has 0 aliphatic heterocycles. The van der Waals surface area contributed by atoms with Gasteiger partial charge in [0.05, 0.1) is 38.5 Å². The molecular weight excluding hydrogens is 1700 g/mol. The molecule has 4 aromatic rings. The Morgan fingerprint density at radius 2 is 0.689 bits per heavy atom. The van der Waals surface area contributed by atoms with Gasteiger partial charge in [-0.1, -0.05) is 153 Å². The minimum absolute atomic E-state index is 0. The number of nitrogens with two attached hydrogens (primary N) is 1. The molecule has 0 fully saturated rings. The number of alkyl halides is 1. The van der Waals surface area contributed by atoms with Crippen molar-refractivity contribution < 1.29 is 74.3 Å². The van der Waals surface area contributed by atoms with Gasteiger partial charge in [0.2, 0.25) is 41.1 Å². The van der Waals surface area contributed by atoms with Crippen molar-refractivity contribution in [2.75, 3.05) is 77.8 Å². The van der Waals surface area contributed by atoms with Crippen molar-refractivity contribution in [3.05, 3.63) is 176 Å². The number of H-pyrrole nitrogens is 1. The molecule has 0 aliphatic rings. The molecule has 4 aromatic heterocycles. The van der Waals surface area contributed by atoms with Crippen molar-refractivity contribution in [1.82, 2.24) is 58.1 Å². The highest BCUT2D eigenvalue weighted by molar-refractivity contribution is 9.08. The Morgan fingerprint density at radius 1 is 0.385 bits per heavy atom. The first-order valence-corrected chi connectivity index (χ1v) is 45.6. The number of aromatic amines is 1. The van der Waals surface area contributed by atoms with E-state index in [-0.39, 0.29) is 75.4 Å². The van der Waals surface area contributed by atoms with E-state index in [1.807, 2.05) is 76.7 Å². The van der Waals surface area contributed by atoms with E-state index in [2.05, 4.69) is 130 Å². The second-order valence-corrected chi connectivity index (χ2v) is 28.2. The summed E-state index contributed by atoms with van der Waals surface area (Å²) in [6, 6.07) is 0. The topological polar surface area (TPSA) is 303 Å². The van der Waals surface area contributed by atoms with Gasteiger partial charge in [-0.05, 0) is 191 Å². The summed E-state index contributed by atoms with van der Waals surface area (Å²) in [7, 11) is 0. The van der Waals surface area contributed by atoms with E-state index >= 15 is 0 Å². The van der Waals surface area contributed by atoms with Crippen LogP contribution in [0.15, 0.2) is 176 Å². The Hall–Kier alpha value is -8.66. The lowest BCUT2D eigenvalue weighted by atomic mass is 10.1. The summed E-state index contributed by atoms with van der Waals surface area (Å²) in [6.07, 6.45) is 63.5. The largest absolute Gasteiger partial charge is 1.00 e. The van der Waals surface area contributed by atoms with Crippen LogP contribution in [-0.4, -0.2) is 200 Å². The quantitative estimate of drug-likeness (QED) is 0.0136. The van der Waals surface area contributed by atoms with Crippen LogP contribution in [0.25, 0.3) is 0 Å². The number of halogens is 3. The predicted molar refractivity (Wildman–Crippen MR) is 499 cm³/mol. The number of hydrogen-bond acceptors (Lipinski definition) is 15. The number of ketones is 5. The molecule has 0 spiro atoms. The molecule has 0 saturated heterocycles. The number of aryl methyl sites for hydroxylation is 4. The minimum atomic E-state index is -0.509. The normalized spacial score (nSPS) is 9.73. The van der Waals surface area contributed by atoms with Crippen molar-refractivity contribution in [2.24, 2.45) is 5.73 Å². The van der Waals surface area contributed by atoms with Crippen LogP contribution < -0.4 is 27.3 Å². The fourth-order valence-electron chi connectivity index (χ4n) is 11.3. The fraction of sp³-hybridized carbons (Fsp3) is 0.585. The maximum atomic E-state index is 12.5. The Morgan fingerprint density at radius 3 is 0.926 bits per heavy atom. The van der Waals surface area contributed by atoms with Crippen LogP contribution in [0.1, 0.15) is 254 Å². The molecule has 28 heteroatoms. The van der Waals surface area contributed by atoms with Crippen LogP contribution in [0.5, 0.6) is 0 Å². The predicted octanol–water partition coefficient (Wildman–Crippen LogP) is 14.7. The van der Waals surface area contributed by atoms with Gasteiger partial charge in [-0.15, -0.1) is 0 Å². The zero-order valence-electron chi connectivity index (χ0n) is 76.0. The summed E-state index contributed by atoms with van der Waals surface area (Å²) in [5.74, 6) is 2.55. The van der Waals surface area contributed by atoms with Gasteiger partial charge in [-0.25, -0.2) is 24.1 Å². The van der Waals surface area contributed by atoms with E-state index in [0.717, 1.165) is 103 Å². The third-order valence-electron chi connectivity index (χ3n) is 18.6. The lowest BCUT2D eigenvalue weighted by Gasteiger charge is -2.20. The number of aromatic nitrogens is 8. The number of hydrogen-bond donors (Lipinski definition) is 2. The average molecular weight is 1850 g/mol. The summed E-state index contributed by atoms with van der Waals surface area (Å²) in [6.45, 7) is 52.4. The first-order valence-electron chi connectivity index (χ1n) is 43.6. The maximum Gasteiger partial charge on any atom is 0.245 e. The number of carbonyl (C=O) groups is 11. The van der Waals surface area contributed by atoms with Gasteiger partial charge in [0.1, 0.15) is 12.4 Å². The Balaban J connectivity index is -0.000000334. The summed E-state index contributed by atoms with van der Waals surface area (Å²) in [4.78, 5) is 147. The lowest BCUT2D eigenvalue weighted by Crippen LogP contribution is -3.00. The zero-order chi connectivity index (χ0) is 91.8. The number of rotatable bonds is 62. The van der Waals surface area contributed by atoms with E-state index in [4.69, 9.17) is 17.3 Å². The number of nitrogens with one attached hydrogen (secondary N) is 1. The molecule has 4 heterocycles. The maximum absolute atomic E-state index is 12.5. The number of carbonyl (C=O) groups excluding carboxylic acids is 11. The number of amides is 5. The van der Waals surface area contributed by atoms with Gasteiger partial charge in [0.25, 0.3) is 0 Å². The zero-order valence-corrected chi connectivity index (χ0v) is 79.9. The molecule has 25 nitrogen and oxygen atoms in total. The molecule has 0 aliphatic carbocycles. The number of allylic oxidation sites excluding steroid dienone is 6. The molecule has 0 saturated carbocycles. The second kappa shape index (κ2) is 93.0. The number of likely N-dealkylation sites (N-methyl/N-ethyl adjacent to an activating group) is 2. The van der Waals surface area contributed by atoms with Gasteiger partial charge in [0, 0.05) is 161 Å². The van der Waals surface area contributed by atoms with Crippen LogP contribution in [0.4, 0.5) is 0 Å². The highest BCUT2D eigenvalue weighted by atomic mass is 79.9. The molecule has 0 radical (unpaired) electrons. The first kappa shape index (κ1) is 124. The smallest absolute Gasteiger partial charge is 0.245 e. The molecule has 3 N–H and O–H groups in total. The minimum Gasteiger partial charge on any atom is -1.00 e. The van der Waals surface area contributed by atoms with Gasteiger partial charge >= 0.3 is 0 Å². The van der Waals surface area contributed by atoms with Crippen LogP contribution in [0, 0.1) is 0 Å². The van der Waals surface area contributed by atoms with Gasteiger partial charge < -0.3 is 61.3 Å². The van der Waals surface area contributed by atoms with Crippen molar-refractivity contribution in [3.63, 3.8) is 0 Å². The van der Waals surface area contributed by atoms with E-state index in [1.165, 1.54) is 132 Å². The van der Waals surface area contributed by atoms with Crippen LogP contribution in [0.3, 0.4) is 0 Å². The summed E-state index contributed by atoms with van der Waals surface area (Å²) in [5.41, 5.74) is 5.21. The van der Waals surface area contributed by atoms with Gasteiger partial charge in [-0.3, -0.25) is 52.7 Å².